The van der Waals surface area contributed by atoms with E-state index in [1.807, 2.05) is 36.4 Å². The lowest BCUT2D eigenvalue weighted by molar-refractivity contribution is 0.509. The van der Waals surface area contributed by atoms with Gasteiger partial charge in [0.1, 0.15) is 4.83 Å². The van der Waals surface area contributed by atoms with Crippen LogP contribution in [0.25, 0.3) is 21.7 Å². The summed E-state index contributed by atoms with van der Waals surface area (Å²) in [6, 6.07) is 20.3. The average molecular weight is 473 g/mol. The number of nitrogens with zero attached hydrogens (tertiary/aromatic N) is 4. The number of aryl methyl sites for hydroxylation is 2. The van der Waals surface area contributed by atoms with Crippen LogP contribution in [0.15, 0.2) is 70.6 Å². The van der Waals surface area contributed by atoms with Crippen molar-refractivity contribution in [3.05, 3.63) is 87.0 Å². The number of thiophene rings is 1. The molecule has 0 radical (unpaired) electrons. The van der Waals surface area contributed by atoms with Crippen LogP contribution < -0.4 is 5.56 Å². The lowest BCUT2D eigenvalue weighted by Gasteiger charge is -2.17. The Morgan fingerprint density at radius 2 is 1.82 bits per heavy atom. The molecule has 0 saturated carbocycles. The fraction of sp³-hybridized carbons (Fsp3) is 0.269. The quantitative estimate of drug-likeness (QED) is 0.315. The summed E-state index contributed by atoms with van der Waals surface area (Å²) in [5, 5.41) is 10.8. The van der Waals surface area contributed by atoms with Crippen molar-refractivity contribution in [1.82, 2.24) is 19.2 Å². The maximum atomic E-state index is 13.8. The Kier molecular flexibility index (Phi) is 5.31. The van der Waals surface area contributed by atoms with Gasteiger partial charge in [-0.05, 0) is 54.9 Å². The fourth-order valence-corrected chi connectivity index (χ4v) is 7.19. The molecule has 0 unspecified atom stereocenters. The zero-order valence-electron chi connectivity index (χ0n) is 18.4. The Morgan fingerprint density at radius 1 is 1.06 bits per heavy atom. The van der Waals surface area contributed by atoms with Crippen LogP contribution in [0.5, 0.6) is 0 Å². The predicted molar refractivity (Wildman–Crippen MR) is 136 cm³/mol. The van der Waals surface area contributed by atoms with E-state index in [1.165, 1.54) is 16.0 Å². The van der Waals surface area contributed by atoms with Crippen LogP contribution in [0.1, 0.15) is 29.3 Å². The monoisotopic (exact) mass is 472 g/mol. The van der Waals surface area contributed by atoms with Gasteiger partial charge in [0.15, 0.2) is 5.16 Å². The summed E-state index contributed by atoms with van der Waals surface area (Å²) in [5.41, 5.74) is 3.39. The first-order chi connectivity index (χ1) is 16.2. The first kappa shape index (κ1) is 20.7. The van der Waals surface area contributed by atoms with E-state index in [1.54, 1.807) is 27.7 Å². The van der Waals surface area contributed by atoms with Crippen LogP contribution in [-0.2, 0) is 19.3 Å². The summed E-state index contributed by atoms with van der Waals surface area (Å²) < 4.78 is 3.86. The predicted octanol–water partition coefficient (Wildman–Crippen LogP) is 5.55. The summed E-state index contributed by atoms with van der Waals surface area (Å²) >= 11 is 3.46. The standard InChI is InChI=1S/C26H24N4OS2/c1-17-12-13-20-21(16-17)33-24-22(20)23(31)29(19-10-6-3-7-11-19)25-27-28-26(30(24)25)32-15-14-18-8-4-2-5-9-18/h2-11,17H,12-16H2,1H3/t17-/m0/s1. The smallest absolute Gasteiger partial charge is 0.268 e. The van der Waals surface area contributed by atoms with Gasteiger partial charge in [0.05, 0.1) is 11.1 Å². The number of hydrogen-bond acceptors (Lipinski definition) is 5. The summed E-state index contributed by atoms with van der Waals surface area (Å²) in [4.78, 5) is 16.2. The van der Waals surface area contributed by atoms with Gasteiger partial charge < -0.3 is 0 Å². The Labute approximate surface area is 200 Å². The molecule has 0 aliphatic heterocycles. The van der Waals surface area contributed by atoms with Crippen LogP contribution in [0, 0.1) is 5.92 Å². The highest BCUT2D eigenvalue weighted by Gasteiger charge is 2.27. The molecular weight excluding hydrogens is 448 g/mol. The van der Waals surface area contributed by atoms with Crippen molar-refractivity contribution in [1.29, 1.82) is 0 Å². The number of rotatable bonds is 5. The molecule has 0 fully saturated rings. The van der Waals surface area contributed by atoms with Crippen molar-refractivity contribution in [3.63, 3.8) is 0 Å². The third-order valence-electron chi connectivity index (χ3n) is 6.41. The van der Waals surface area contributed by atoms with E-state index in [0.717, 1.165) is 52.5 Å². The van der Waals surface area contributed by atoms with Gasteiger partial charge in [0.25, 0.3) is 5.56 Å². The highest BCUT2D eigenvalue weighted by molar-refractivity contribution is 7.99. The van der Waals surface area contributed by atoms with Crippen molar-refractivity contribution < 1.29 is 0 Å². The molecule has 3 heterocycles. The number of hydrogen-bond donors (Lipinski definition) is 0. The summed E-state index contributed by atoms with van der Waals surface area (Å²) in [6.07, 6.45) is 4.09. The Morgan fingerprint density at radius 3 is 2.61 bits per heavy atom. The van der Waals surface area contributed by atoms with Crippen molar-refractivity contribution in [2.45, 2.75) is 37.8 Å². The maximum absolute atomic E-state index is 13.8. The molecule has 5 nitrogen and oxygen atoms in total. The van der Waals surface area contributed by atoms with E-state index in [9.17, 15) is 4.79 Å². The van der Waals surface area contributed by atoms with Crippen LogP contribution in [-0.4, -0.2) is 24.9 Å². The molecule has 2 aromatic carbocycles. The van der Waals surface area contributed by atoms with Crippen molar-refractivity contribution in [3.8, 4) is 5.69 Å². The van der Waals surface area contributed by atoms with Gasteiger partial charge in [-0.3, -0.25) is 4.79 Å². The van der Waals surface area contributed by atoms with Crippen LogP contribution in [0.4, 0.5) is 0 Å². The fourth-order valence-electron chi connectivity index (χ4n) is 4.71. The molecule has 0 amide bonds. The summed E-state index contributed by atoms with van der Waals surface area (Å²) in [5.74, 6) is 2.14. The molecule has 6 rings (SSSR count). The van der Waals surface area contributed by atoms with Gasteiger partial charge in [-0.2, -0.15) is 0 Å². The second-order valence-electron chi connectivity index (χ2n) is 8.71. The van der Waals surface area contributed by atoms with E-state index in [2.05, 4.69) is 45.8 Å². The molecule has 1 atom stereocenters. The Bertz CT molecular complexity index is 1500. The average Bonchev–Trinajstić information content (AvgIpc) is 3.42. The van der Waals surface area contributed by atoms with Gasteiger partial charge in [0, 0.05) is 10.6 Å². The number of benzene rings is 2. The van der Waals surface area contributed by atoms with Crippen LogP contribution in [0.3, 0.4) is 0 Å². The molecule has 3 aromatic heterocycles. The molecule has 0 spiro atoms. The summed E-state index contributed by atoms with van der Waals surface area (Å²) in [6.45, 7) is 2.30. The topological polar surface area (TPSA) is 52.2 Å². The highest BCUT2D eigenvalue weighted by atomic mass is 32.2. The van der Waals surface area contributed by atoms with Crippen LogP contribution in [0.2, 0.25) is 0 Å². The van der Waals surface area contributed by atoms with Gasteiger partial charge >= 0.3 is 0 Å². The SMILES string of the molecule is C[C@H]1CCc2c(sc3c2c(=O)n(-c2ccccc2)c2nnc(SCCc4ccccc4)n32)C1. The third kappa shape index (κ3) is 3.60. The molecule has 0 saturated heterocycles. The van der Waals surface area contributed by atoms with Gasteiger partial charge in [0.2, 0.25) is 5.78 Å². The highest BCUT2D eigenvalue weighted by Crippen LogP contribution is 2.38. The number of fused-ring (bicyclic) bond motifs is 5. The Hall–Kier alpha value is -2.90. The second kappa shape index (κ2) is 8.47. The third-order valence-corrected chi connectivity index (χ3v) is 8.58. The van der Waals surface area contributed by atoms with Crippen LogP contribution >= 0.6 is 23.1 Å². The molecule has 33 heavy (non-hydrogen) atoms. The number of para-hydroxylation sites is 1. The number of thioether (sulfide) groups is 1. The molecule has 0 N–H and O–H groups in total. The van der Waals surface area contributed by atoms with E-state index in [0.29, 0.717) is 11.7 Å². The zero-order valence-corrected chi connectivity index (χ0v) is 20.0. The molecule has 7 heteroatoms. The molecule has 0 bridgehead atoms. The lowest BCUT2D eigenvalue weighted by atomic mass is 9.89. The number of aromatic nitrogens is 4. The van der Waals surface area contributed by atoms with E-state index < -0.39 is 0 Å². The van der Waals surface area contributed by atoms with E-state index in [4.69, 9.17) is 0 Å². The second-order valence-corrected chi connectivity index (χ2v) is 10.9. The van der Waals surface area contributed by atoms with E-state index >= 15 is 0 Å². The van der Waals surface area contributed by atoms with Crippen molar-refractivity contribution in [2.24, 2.45) is 5.92 Å². The lowest BCUT2D eigenvalue weighted by Crippen LogP contribution is -2.22. The van der Waals surface area contributed by atoms with Crippen molar-refractivity contribution >= 4 is 39.1 Å². The molecular formula is C26H24N4OS2. The minimum atomic E-state index is 0.0176. The zero-order chi connectivity index (χ0) is 22.4. The van der Waals surface area contributed by atoms with Crippen molar-refractivity contribution in [2.75, 3.05) is 5.75 Å². The largest absolute Gasteiger partial charge is 0.268 e. The maximum Gasteiger partial charge on any atom is 0.268 e. The molecule has 1 aliphatic carbocycles. The Balaban J connectivity index is 1.53. The normalized spacial score (nSPS) is 15.8. The minimum absolute atomic E-state index is 0.0176. The summed E-state index contributed by atoms with van der Waals surface area (Å²) in [7, 11) is 0. The first-order valence-corrected chi connectivity index (χ1v) is 13.2. The molecule has 166 valence electrons. The van der Waals surface area contributed by atoms with Gasteiger partial charge in [-0.25, -0.2) is 8.97 Å². The van der Waals surface area contributed by atoms with E-state index in [-0.39, 0.29) is 5.56 Å². The first-order valence-electron chi connectivity index (χ1n) is 11.4. The minimum Gasteiger partial charge on any atom is -0.268 e. The molecule has 5 aromatic rings. The van der Waals surface area contributed by atoms with Gasteiger partial charge in [-0.15, -0.1) is 21.5 Å². The van der Waals surface area contributed by atoms with Gasteiger partial charge in [-0.1, -0.05) is 67.2 Å². The molecule has 1 aliphatic rings.